The smallest absolute Gasteiger partial charge is 0.241 e. The lowest BCUT2D eigenvalue weighted by atomic mass is 10.2. The topological polar surface area (TPSA) is 61.4 Å². The Morgan fingerprint density at radius 3 is 2.48 bits per heavy atom. The van der Waals surface area contributed by atoms with Gasteiger partial charge in [0.1, 0.15) is 0 Å². The Bertz CT molecular complexity index is 794. The number of nitrogens with one attached hydrogen (secondary N) is 2. The van der Waals surface area contributed by atoms with E-state index in [9.17, 15) is 9.59 Å². The van der Waals surface area contributed by atoms with Crippen LogP contribution in [0.2, 0.25) is 10.0 Å². The van der Waals surface area contributed by atoms with Gasteiger partial charge >= 0.3 is 0 Å². The number of halogens is 2. The molecule has 142 valence electrons. The SMILES string of the molecule is O=C(CN1CCCC1C(=O)Nc1cc(Cl)cc(Cl)c1)NCc1ccccc1. The number of nitrogens with zero attached hydrogens (tertiary/aromatic N) is 1. The van der Waals surface area contributed by atoms with E-state index >= 15 is 0 Å². The Morgan fingerprint density at radius 1 is 1.07 bits per heavy atom. The van der Waals surface area contributed by atoms with Gasteiger partial charge in [-0.05, 0) is 43.1 Å². The second-order valence-electron chi connectivity index (χ2n) is 6.54. The number of benzene rings is 2. The van der Waals surface area contributed by atoms with Crippen LogP contribution in [0.25, 0.3) is 0 Å². The zero-order valence-corrected chi connectivity index (χ0v) is 16.3. The second-order valence-corrected chi connectivity index (χ2v) is 7.41. The minimum absolute atomic E-state index is 0.0932. The monoisotopic (exact) mass is 405 g/mol. The molecule has 0 aliphatic carbocycles. The molecule has 2 amide bonds. The zero-order chi connectivity index (χ0) is 19.2. The molecule has 1 aliphatic heterocycles. The fourth-order valence-corrected chi connectivity index (χ4v) is 3.73. The highest BCUT2D eigenvalue weighted by Crippen LogP contribution is 2.24. The van der Waals surface area contributed by atoms with E-state index in [4.69, 9.17) is 23.2 Å². The summed E-state index contributed by atoms with van der Waals surface area (Å²) in [6.07, 6.45) is 1.59. The van der Waals surface area contributed by atoms with Crippen molar-refractivity contribution < 1.29 is 9.59 Å². The fraction of sp³-hybridized carbons (Fsp3) is 0.300. The first-order valence-corrected chi connectivity index (χ1v) is 9.58. The minimum atomic E-state index is -0.342. The van der Waals surface area contributed by atoms with E-state index in [-0.39, 0.29) is 24.4 Å². The molecule has 5 nitrogen and oxygen atoms in total. The fourth-order valence-electron chi connectivity index (χ4n) is 3.20. The van der Waals surface area contributed by atoms with Crippen molar-refractivity contribution in [3.63, 3.8) is 0 Å². The molecular weight excluding hydrogens is 385 g/mol. The number of hydrogen-bond acceptors (Lipinski definition) is 3. The van der Waals surface area contributed by atoms with Crippen LogP contribution >= 0.6 is 23.2 Å². The van der Waals surface area contributed by atoms with Gasteiger partial charge in [-0.15, -0.1) is 0 Å². The van der Waals surface area contributed by atoms with Gasteiger partial charge in [0.05, 0.1) is 12.6 Å². The van der Waals surface area contributed by atoms with E-state index in [0.29, 0.717) is 35.2 Å². The summed E-state index contributed by atoms with van der Waals surface area (Å²) in [5.41, 5.74) is 1.59. The molecule has 3 rings (SSSR count). The third-order valence-corrected chi connectivity index (χ3v) is 4.91. The van der Waals surface area contributed by atoms with Gasteiger partial charge in [0.2, 0.25) is 11.8 Å². The van der Waals surface area contributed by atoms with Crippen molar-refractivity contribution in [2.75, 3.05) is 18.4 Å². The Morgan fingerprint density at radius 2 is 1.78 bits per heavy atom. The number of anilines is 1. The van der Waals surface area contributed by atoms with Crippen molar-refractivity contribution in [3.8, 4) is 0 Å². The van der Waals surface area contributed by atoms with Crippen LogP contribution < -0.4 is 10.6 Å². The summed E-state index contributed by atoms with van der Waals surface area (Å²) in [6, 6.07) is 14.3. The second kappa shape index (κ2) is 9.22. The molecule has 2 N–H and O–H groups in total. The highest BCUT2D eigenvalue weighted by Gasteiger charge is 2.31. The van der Waals surface area contributed by atoms with Crippen LogP contribution in [0.15, 0.2) is 48.5 Å². The van der Waals surface area contributed by atoms with Gasteiger partial charge in [0.25, 0.3) is 0 Å². The molecule has 1 unspecified atom stereocenters. The van der Waals surface area contributed by atoms with Crippen molar-refractivity contribution in [1.82, 2.24) is 10.2 Å². The van der Waals surface area contributed by atoms with Crippen LogP contribution in [-0.4, -0.2) is 35.8 Å². The number of carbonyl (C=O) groups excluding carboxylic acids is 2. The summed E-state index contributed by atoms with van der Waals surface area (Å²) in [5, 5.41) is 6.67. The molecule has 1 atom stereocenters. The standard InChI is InChI=1S/C20H21Cl2N3O2/c21-15-9-16(22)11-17(10-15)24-20(27)18-7-4-8-25(18)13-19(26)23-12-14-5-2-1-3-6-14/h1-3,5-6,9-11,18H,4,7-8,12-13H2,(H,23,26)(H,24,27). The van der Waals surface area contributed by atoms with Crippen LogP contribution in [0.4, 0.5) is 5.69 Å². The lowest BCUT2D eigenvalue weighted by Crippen LogP contribution is -2.44. The maximum absolute atomic E-state index is 12.6. The largest absolute Gasteiger partial charge is 0.351 e. The van der Waals surface area contributed by atoms with Crippen LogP contribution in [0.3, 0.4) is 0 Å². The van der Waals surface area contributed by atoms with E-state index in [1.165, 1.54) is 0 Å². The first-order valence-electron chi connectivity index (χ1n) is 8.83. The van der Waals surface area contributed by atoms with Crippen LogP contribution in [-0.2, 0) is 16.1 Å². The average molecular weight is 406 g/mol. The summed E-state index contributed by atoms with van der Waals surface area (Å²) in [7, 11) is 0. The van der Waals surface area contributed by atoms with Gasteiger partial charge in [0.15, 0.2) is 0 Å². The van der Waals surface area contributed by atoms with E-state index in [1.54, 1.807) is 18.2 Å². The quantitative estimate of drug-likeness (QED) is 0.769. The van der Waals surface area contributed by atoms with Crippen molar-refractivity contribution >= 4 is 40.7 Å². The Hall–Kier alpha value is -2.08. The summed E-state index contributed by atoms with van der Waals surface area (Å²) >= 11 is 12.0. The summed E-state index contributed by atoms with van der Waals surface area (Å²) in [6.45, 7) is 1.39. The van der Waals surface area contributed by atoms with E-state index in [0.717, 1.165) is 12.0 Å². The molecule has 27 heavy (non-hydrogen) atoms. The molecule has 1 saturated heterocycles. The molecular formula is C20H21Cl2N3O2. The molecule has 0 saturated carbocycles. The van der Waals surface area contributed by atoms with Crippen molar-refractivity contribution in [3.05, 3.63) is 64.1 Å². The minimum Gasteiger partial charge on any atom is -0.351 e. The lowest BCUT2D eigenvalue weighted by Gasteiger charge is -2.23. The molecule has 1 aliphatic rings. The summed E-state index contributed by atoms with van der Waals surface area (Å²) < 4.78 is 0. The maximum atomic E-state index is 12.6. The zero-order valence-electron chi connectivity index (χ0n) is 14.8. The first kappa shape index (κ1) is 19.7. The van der Waals surface area contributed by atoms with E-state index in [1.807, 2.05) is 35.2 Å². The van der Waals surface area contributed by atoms with Crippen LogP contribution in [0, 0.1) is 0 Å². The molecule has 1 heterocycles. The van der Waals surface area contributed by atoms with Gasteiger partial charge < -0.3 is 10.6 Å². The molecule has 2 aromatic rings. The van der Waals surface area contributed by atoms with Crippen molar-refractivity contribution in [2.45, 2.75) is 25.4 Å². The van der Waals surface area contributed by atoms with Gasteiger partial charge in [-0.2, -0.15) is 0 Å². The molecule has 2 aromatic carbocycles. The van der Waals surface area contributed by atoms with E-state index in [2.05, 4.69) is 10.6 Å². The van der Waals surface area contributed by atoms with Gasteiger partial charge in [-0.3, -0.25) is 14.5 Å². The molecule has 1 fully saturated rings. The predicted molar refractivity (Wildman–Crippen MR) is 108 cm³/mol. The summed E-state index contributed by atoms with van der Waals surface area (Å²) in [4.78, 5) is 26.8. The Balaban J connectivity index is 1.54. The number of carbonyl (C=O) groups is 2. The Labute approximate surface area is 168 Å². The highest BCUT2D eigenvalue weighted by molar-refractivity contribution is 6.35. The number of rotatable bonds is 6. The van der Waals surface area contributed by atoms with Crippen molar-refractivity contribution in [2.24, 2.45) is 0 Å². The molecule has 0 spiro atoms. The summed E-state index contributed by atoms with van der Waals surface area (Å²) in [5.74, 6) is -0.244. The normalized spacial score (nSPS) is 16.9. The predicted octanol–water partition coefficient (Wildman–Crippen LogP) is 3.71. The molecule has 0 aromatic heterocycles. The third-order valence-electron chi connectivity index (χ3n) is 4.48. The van der Waals surface area contributed by atoms with Crippen LogP contribution in [0.1, 0.15) is 18.4 Å². The highest BCUT2D eigenvalue weighted by atomic mass is 35.5. The first-order chi connectivity index (χ1) is 13.0. The number of amides is 2. The maximum Gasteiger partial charge on any atom is 0.241 e. The van der Waals surface area contributed by atoms with Crippen molar-refractivity contribution in [1.29, 1.82) is 0 Å². The van der Waals surface area contributed by atoms with Gasteiger partial charge in [-0.1, -0.05) is 53.5 Å². The van der Waals surface area contributed by atoms with Crippen LogP contribution in [0.5, 0.6) is 0 Å². The average Bonchev–Trinajstić information content (AvgIpc) is 3.08. The third kappa shape index (κ3) is 5.70. The molecule has 0 bridgehead atoms. The number of likely N-dealkylation sites (tertiary alicyclic amines) is 1. The molecule has 7 heteroatoms. The number of hydrogen-bond donors (Lipinski definition) is 2. The van der Waals surface area contributed by atoms with Gasteiger partial charge in [0, 0.05) is 22.3 Å². The van der Waals surface area contributed by atoms with E-state index < -0.39 is 0 Å². The Kier molecular flexibility index (Phi) is 6.72. The lowest BCUT2D eigenvalue weighted by molar-refractivity contribution is -0.125. The molecule has 0 radical (unpaired) electrons. The van der Waals surface area contributed by atoms with Gasteiger partial charge in [-0.25, -0.2) is 0 Å².